The molecule has 2 amide bonds. The van der Waals surface area contributed by atoms with Crippen LogP contribution in [-0.2, 0) is 26.2 Å². The van der Waals surface area contributed by atoms with Crippen LogP contribution in [0, 0.1) is 10.1 Å². The van der Waals surface area contributed by atoms with Gasteiger partial charge in [0.05, 0.1) is 26.9 Å². The molecule has 10 nitrogen and oxygen atoms in total. The lowest BCUT2D eigenvalue weighted by Crippen LogP contribution is -2.53. The fourth-order valence-electron chi connectivity index (χ4n) is 3.57. The Morgan fingerprint density at radius 2 is 1.76 bits per heavy atom. The van der Waals surface area contributed by atoms with Crippen LogP contribution < -0.4 is 9.62 Å². The number of rotatable bonds is 12. The second kappa shape index (κ2) is 13.1. The van der Waals surface area contributed by atoms with Gasteiger partial charge in [-0.3, -0.25) is 24.0 Å². The van der Waals surface area contributed by atoms with Crippen molar-refractivity contribution >= 4 is 56.4 Å². The molecule has 2 aromatic carbocycles. The number of nitro benzene ring substituents is 1. The van der Waals surface area contributed by atoms with Crippen LogP contribution in [0.15, 0.2) is 42.5 Å². The van der Waals surface area contributed by atoms with E-state index in [2.05, 4.69) is 5.32 Å². The lowest BCUT2D eigenvalue weighted by molar-refractivity contribution is -0.384. The van der Waals surface area contributed by atoms with Gasteiger partial charge in [-0.25, -0.2) is 8.42 Å². The Morgan fingerprint density at radius 3 is 2.30 bits per heavy atom. The molecule has 0 heterocycles. The summed E-state index contributed by atoms with van der Waals surface area (Å²) in [5.74, 6) is -1.05. The zero-order valence-corrected chi connectivity index (χ0v) is 23.3. The SMILES string of the molecule is CC[C@@H](C)NC(=O)[C@@H](CC)N(Cc1ccc(Cl)c(Cl)c1)C(=O)CN(c1cccc([N+](=O)[O-])c1)S(C)(=O)=O. The molecular formula is C24H30Cl2N4O6S. The minimum atomic E-state index is -4.03. The van der Waals surface area contributed by atoms with Crippen LogP contribution in [0.4, 0.5) is 11.4 Å². The second-order valence-corrected chi connectivity index (χ2v) is 11.3. The van der Waals surface area contributed by atoms with E-state index in [-0.39, 0.29) is 41.3 Å². The minimum absolute atomic E-state index is 0.0448. The number of carbonyl (C=O) groups excluding carboxylic acids is 2. The van der Waals surface area contributed by atoms with E-state index in [1.165, 1.54) is 23.1 Å². The lowest BCUT2D eigenvalue weighted by atomic mass is 10.1. The first-order valence-corrected chi connectivity index (χ1v) is 14.1. The van der Waals surface area contributed by atoms with Gasteiger partial charge in [-0.2, -0.15) is 0 Å². The molecule has 1 N–H and O–H groups in total. The number of anilines is 1. The van der Waals surface area contributed by atoms with Crippen LogP contribution in [0.5, 0.6) is 0 Å². The van der Waals surface area contributed by atoms with Crippen LogP contribution in [0.2, 0.25) is 10.0 Å². The van der Waals surface area contributed by atoms with Gasteiger partial charge in [-0.05, 0) is 43.5 Å². The van der Waals surface area contributed by atoms with Crippen molar-refractivity contribution in [2.75, 3.05) is 17.1 Å². The number of nitrogens with one attached hydrogen (secondary N) is 1. The smallest absolute Gasteiger partial charge is 0.271 e. The monoisotopic (exact) mass is 572 g/mol. The molecule has 2 atom stereocenters. The first-order valence-electron chi connectivity index (χ1n) is 11.5. The predicted molar refractivity (Wildman–Crippen MR) is 144 cm³/mol. The summed E-state index contributed by atoms with van der Waals surface area (Å²) in [6.07, 6.45) is 1.83. The lowest BCUT2D eigenvalue weighted by Gasteiger charge is -2.33. The van der Waals surface area contributed by atoms with Crippen molar-refractivity contribution in [2.24, 2.45) is 0 Å². The Morgan fingerprint density at radius 1 is 1.08 bits per heavy atom. The highest BCUT2D eigenvalue weighted by Crippen LogP contribution is 2.26. The molecule has 0 saturated carbocycles. The largest absolute Gasteiger partial charge is 0.352 e. The highest BCUT2D eigenvalue weighted by molar-refractivity contribution is 7.92. The summed E-state index contributed by atoms with van der Waals surface area (Å²) in [6.45, 7) is 4.77. The van der Waals surface area contributed by atoms with Gasteiger partial charge in [0.2, 0.25) is 21.8 Å². The molecule has 0 aliphatic carbocycles. The van der Waals surface area contributed by atoms with Crippen molar-refractivity contribution in [3.8, 4) is 0 Å². The van der Waals surface area contributed by atoms with Crippen molar-refractivity contribution < 1.29 is 22.9 Å². The molecular weight excluding hydrogens is 543 g/mol. The summed E-state index contributed by atoms with van der Waals surface area (Å²) < 4.78 is 26.1. The summed E-state index contributed by atoms with van der Waals surface area (Å²) in [5, 5.41) is 14.7. The first kappa shape index (κ1) is 30.3. The molecule has 0 unspecified atom stereocenters. The fraction of sp³-hybridized carbons (Fsp3) is 0.417. The second-order valence-electron chi connectivity index (χ2n) is 8.56. The summed E-state index contributed by atoms with van der Waals surface area (Å²) in [7, 11) is -4.03. The molecule has 0 aliphatic heterocycles. The van der Waals surface area contributed by atoms with Gasteiger partial charge < -0.3 is 10.2 Å². The molecule has 2 rings (SSSR count). The van der Waals surface area contributed by atoms with Crippen molar-refractivity contribution in [1.82, 2.24) is 10.2 Å². The Kier molecular flexibility index (Phi) is 10.7. The first-order chi connectivity index (χ1) is 17.3. The number of nitro groups is 1. The highest BCUT2D eigenvalue weighted by atomic mass is 35.5. The highest BCUT2D eigenvalue weighted by Gasteiger charge is 2.32. The van der Waals surface area contributed by atoms with E-state index in [1.807, 2.05) is 13.8 Å². The third-order valence-electron chi connectivity index (χ3n) is 5.73. The van der Waals surface area contributed by atoms with E-state index >= 15 is 0 Å². The topological polar surface area (TPSA) is 130 Å². The Bertz CT molecular complexity index is 1260. The number of non-ortho nitro benzene ring substituents is 1. The molecule has 0 aromatic heterocycles. The number of benzene rings is 2. The minimum Gasteiger partial charge on any atom is -0.352 e. The van der Waals surface area contributed by atoms with E-state index in [9.17, 15) is 28.1 Å². The number of carbonyl (C=O) groups is 2. The van der Waals surface area contributed by atoms with Gasteiger partial charge in [0.25, 0.3) is 5.69 Å². The van der Waals surface area contributed by atoms with E-state index in [1.54, 1.807) is 25.1 Å². The molecule has 0 saturated heterocycles. The molecule has 0 spiro atoms. The predicted octanol–water partition coefficient (Wildman–Crippen LogP) is 4.39. The Labute approximate surface area is 226 Å². The standard InChI is InChI=1S/C24H30Cl2N4O6S/c1-5-16(3)27-24(32)22(6-2)28(14-17-10-11-20(25)21(26)12-17)23(31)15-29(37(4,35)36)18-8-7-9-19(13-18)30(33)34/h7-13,16,22H,5-6,14-15H2,1-4H3,(H,27,32)/t16-,22-/m1/s1. The zero-order chi connectivity index (χ0) is 27.9. The Hall–Kier alpha value is -2.89. The van der Waals surface area contributed by atoms with E-state index in [0.29, 0.717) is 17.0 Å². The van der Waals surface area contributed by atoms with Crippen LogP contribution in [0.3, 0.4) is 0 Å². The van der Waals surface area contributed by atoms with Gasteiger partial charge in [0.15, 0.2) is 0 Å². The average Bonchev–Trinajstić information content (AvgIpc) is 2.83. The van der Waals surface area contributed by atoms with Gasteiger partial charge in [-0.15, -0.1) is 0 Å². The van der Waals surface area contributed by atoms with Gasteiger partial charge >= 0.3 is 0 Å². The number of amides is 2. The van der Waals surface area contributed by atoms with E-state index < -0.39 is 33.4 Å². The molecule has 0 radical (unpaired) electrons. The maximum atomic E-state index is 13.7. The maximum absolute atomic E-state index is 13.7. The molecule has 37 heavy (non-hydrogen) atoms. The molecule has 0 aliphatic rings. The maximum Gasteiger partial charge on any atom is 0.271 e. The summed E-state index contributed by atoms with van der Waals surface area (Å²) in [6, 6.07) is 8.72. The zero-order valence-electron chi connectivity index (χ0n) is 21.0. The third kappa shape index (κ3) is 8.31. The van der Waals surface area contributed by atoms with E-state index in [0.717, 1.165) is 16.6 Å². The van der Waals surface area contributed by atoms with Crippen LogP contribution in [0.1, 0.15) is 39.2 Å². The molecule has 202 valence electrons. The molecule has 2 aromatic rings. The Balaban J connectivity index is 2.50. The van der Waals surface area contributed by atoms with Gasteiger partial charge in [0, 0.05) is 24.7 Å². The van der Waals surface area contributed by atoms with Gasteiger partial charge in [0.1, 0.15) is 12.6 Å². The molecule has 13 heteroatoms. The summed E-state index contributed by atoms with van der Waals surface area (Å²) in [5.41, 5.74) is 0.209. The summed E-state index contributed by atoms with van der Waals surface area (Å²) >= 11 is 12.2. The number of sulfonamides is 1. The number of hydrogen-bond donors (Lipinski definition) is 1. The van der Waals surface area contributed by atoms with Crippen LogP contribution in [0.25, 0.3) is 0 Å². The third-order valence-corrected chi connectivity index (χ3v) is 7.61. The molecule has 0 fully saturated rings. The normalized spacial score (nSPS) is 12.9. The van der Waals surface area contributed by atoms with E-state index in [4.69, 9.17) is 23.2 Å². The van der Waals surface area contributed by atoms with Crippen molar-refractivity contribution in [3.05, 3.63) is 68.2 Å². The number of halogens is 2. The number of nitrogens with zero attached hydrogens (tertiary/aromatic N) is 3. The van der Waals surface area contributed by atoms with Crippen LogP contribution in [-0.4, -0.2) is 54.9 Å². The number of hydrogen-bond acceptors (Lipinski definition) is 6. The molecule has 0 bridgehead atoms. The van der Waals surface area contributed by atoms with Crippen molar-refractivity contribution in [2.45, 2.75) is 52.2 Å². The summed E-state index contributed by atoms with van der Waals surface area (Å²) in [4.78, 5) is 38.6. The van der Waals surface area contributed by atoms with Crippen LogP contribution >= 0.6 is 23.2 Å². The van der Waals surface area contributed by atoms with Gasteiger partial charge in [-0.1, -0.05) is 49.2 Å². The van der Waals surface area contributed by atoms with Crippen molar-refractivity contribution in [1.29, 1.82) is 0 Å². The fourth-order valence-corrected chi connectivity index (χ4v) is 4.73. The van der Waals surface area contributed by atoms with Crippen molar-refractivity contribution in [3.63, 3.8) is 0 Å². The quantitative estimate of drug-likeness (QED) is 0.296. The average molecular weight is 573 g/mol.